The molecule has 0 spiro atoms. The van der Waals surface area contributed by atoms with Gasteiger partial charge in [-0.1, -0.05) is 20.8 Å². The maximum absolute atomic E-state index is 5.93. The van der Waals surface area contributed by atoms with Crippen LogP contribution in [0.4, 0.5) is 0 Å². The van der Waals surface area contributed by atoms with E-state index in [0.717, 1.165) is 13.2 Å². The second-order valence-electron chi connectivity index (χ2n) is 4.65. The first-order valence-electron chi connectivity index (χ1n) is 6.51. The lowest BCUT2D eigenvalue weighted by atomic mass is 9.98. The van der Waals surface area contributed by atoms with Crippen LogP contribution in [0, 0.1) is 12.8 Å². The van der Waals surface area contributed by atoms with Crippen LogP contribution in [-0.4, -0.2) is 19.3 Å². The molecular weight excluding hydrogens is 230 g/mol. The summed E-state index contributed by atoms with van der Waals surface area (Å²) in [7, 11) is 0. The van der Waals surface area contributed by atoms with E-state index in [1.807, 2.05) is 11.3 Å². The Morgan fingerprint density at radius 1 is 1.29 bits per heavy atom. The quantitative estimate of drug-likeness (QED) is 0.801. The van der Waals surface area contributed by atoms with Crippen molar-refractivity contribution in [3.8, 4) is 0 Å². The molecule has 0 aliphatic carbocycles. The van der Waals surface area contributed by atoms with Gasteiger partial charge in [-0.3, -0.25) is 0 Å². The highest BCUT2D eigenvalue weighted by Gasteiger charge is 2.26. The van der Waals surface area contributed by atoms with E-state index in [1.165, 1.54) is 9.75 Å². The normalized spacial score (nSPS) is 15.2. The highest BCUT2D eigenvalue weighted by Crippen LogP contribution is 2.29. The Morgan fingerprint density at radius 2 is 2.00 bits per heavy atom. The van der Waals surface area contributed by atoms with E-state index in [9.17, 15) is 0 Å². The summed E-state index contributed by atoms with van der Waals surface area (Å²) in [5, 5.41) is 3.56. The summed E-state index contributed by atoms with van der Waals surface area (Å²) in [5.41, 5.74) is 0. The third-order valence-corrected chi connectivity index (χ3v) is 3.92. The third kappa shape index (κ3) is 4.09. The van der Waals surface area contributed by atoms with Crippen LogP contribution in [-0.2, 0) is 4.74 Å². The van der Waals surface area contributed by atoms with E-state index in [2.05, 4.69) is 52.1 Å². The molecule has 1 N–H and O–H groups in total. The smallest absolute Gasteiger partial charge is 0.0800 e. The molecule has 0 saturated heterocycles. The van der Waals surface area contributed by atoms with Crippen molar-refractivity contribution >= 4 is 11.3 Å². The van der Waals surface area contributed by atoms with E-state index in [0.29, 0.717) is 12.0 Å². The monoisotopic (exact) mass is 255 g/mol. The predicted molar refractivity (Wildman–Crippen MR) is 75.7 cm³/mol. The summed E-state index contributed by atoms with van der Waals surface area (Å²) >= 11 is 1.86. The molecule has 0 saturated carbocycles. The molecule has 98 valence electrons. The Balaban J connectivity index is 2.89. The number of nitrogens with one attached hydrogen (secondary N) is 1. The third-order valence-electron chi connectivity index (χ3n) is 2.84. The number of aryl methyl sites for hydroxylation is 1. The van der Waals surface area contributed by atoms with E-state index in [4.69, 9.17) is 4.74 Å². The van der Waals surface area contributed by atoms with Crippen molar-refractivity contribution in [2.24, 2.45) is 5.92 Å². The van der Waals surface area contributed by atoms with Gasteiger partial charge in [0, 0.05) is 16.4 Å². The van der Waals surface area contributed by atoms with Crippen LogP contribution in [0.25, 0.3) is 0 Å². The molecule has 1 aromatic rings. The second-order valence-corrected chi connectivity index (χ2v) is 5.97. The average molecular weight is 255 g/mol. The lowest BCUT2D eigenvalue weighted by Crippen LogP contribution is -2.36. The zero-order valence-corrected chi connectivity index (χ0v) is 12.4. The molecule has 2 unspecified atom stereocenters. The van der Waals surface area contributed by atoms with Gasteiger partial charge >= 0.3 is 0 Å². The molecule has 1 aromatic heterocycles. The zero-order chi connectivity index (χ0) is 12.8. The van der Waals surface area contributed by atoms with Gasteiger partial charge in [0.1, 0.15) is 0 Å². The van der Waals surface area contributed by atoms with Crippen LogP contribution in [0.15, 0.2) is 12.1 Å². The van der Waals surface area contributed by atoms with Gasteiger partial charge in [-0.05, 0) is 38.4 Å². The first kappa shape index (κ1) is 14.7. The Bertz CT molecular complexity index is 322. The summed E-state index contributed by atoms with van der Waals surface area (Å²) in [6.45, 7) is 12.6. The summed E-state index contributed by atoms with van der Waals surface area (Å²) in [6, 6.07) is 4.73. The highest BCUT2D eigenvalue weighted by molar-refractivity contribution is 7.12. The SMILES string of the molecule is CCNC(c1ccc(C)s1)C(OCC)C(C)C. The number of rotatable bonds is 7. The lowest BCUT2D eigenvalue weighted by molar-refractivity contribution is 0.00402. The molecule has 0 aliphatic heterocycles. The Labute approximate surface area is 109 Å². The molecule has 0 amide bonds. The molecule has 17 heavy (non-hydrogen) atoms. The number of likely N-dealkylation sites (N-methyl/N-ethyl adjacent to an activating group) is 1. The molecule has 0 aliphatic rings. The number of ether oxygens (including phenoxy) is 1. The van der Waals surface area contributed by atoms with Crippen molar-refractivity contribution in [3.05, 3.63) is 21.9 Å². The topological polar surface area (TPSA) is 21.3 Å². The minimum absolute atomic E-state index is 0.248. The van der Waals surface area contributed by atoms with Gasteiger partial charge in [0.2, 0.25) is 0 Å². The van der Waals surface area contributed by atoms with Crippen molar-refractivity contribution in [3.63, 3.8) is 0 Å². The maximum Gasteiger partial charge on any atom is 0.0800 e. The van der Waals surface area contributed by atoms with Crippen molar-refractivity contribution in [1.82, 2.24) is 5.32 Å². The van der Waals surface area contributed by atoms with Gasteiger partial charge in [0.05, 0.1) is 12.1 Å². The van der Waals surface area contributed by atoms with Crippen LogP contribution in [0.5, 0.6) is 0 Å². The molecular formula is C14H25NOS. The van der Waals surface area contributed by atoms with E-state index in [1.54, 1.807) is 0 Å². The highest BCUT2D eigenvalue weighted by atomic mass is 32.1. The summed E-state index contributed by atoms with van der Waals surface area (Å²) in [6.07, 6.45) is 0.248. The van der Waals surface area contributed by atoms with Crippen LogP contribution in [0.2, 0.25) is 0 Å². The molecule has 3 heteroatoms. The standard InChI is InChI=1S/C14H25NOS/c1-6-15-13(12-9-8-11(5)17-12)14(10(3)4)16-7-2/h8-10,13-15H,6-7H2,1-5H3. The van der Waals surface area contributed by atoms with Crippen molar-refractivity contribution in [2.75, 3.05) is 13.2 Å². The molecule has 0 radical (unpaired) electrons. The van der Waals surface area contributed by atoms with Crippen molar-refractivity contribution < 1.29 is 4.74 Å². The average Bonchev–Trinajstić information content (AvgIpc) is 2.69. The molecule has 0 bridgehead atoms. The number of thiophene rings is 1. The van der Waals surface area contributed by atoms with Gasteiger partial charge in [-0.2, -0.15) is 0 Å². The van der Waals surface area contributed by atoms with E-state index < -0.39 is 0 Å². The minimum Gasteiger partial charge on any atom is -0.376 e. The summed E-state index contributed by atoms with van der Waals surface area (Å²) < 4.78 is 5.93. The zero-order valence-electron chi connectivity index (χ0n) is 11.6. The first-order valence-corrected chi connectivity index (χ1v) is 7.33. The van der Waals surface area contributed by atoms with Gasteiger partial charge < -0.3 is 10.1 Å². The fraction of sp³-hybridized carbons (Fsp3) is 0.714. The Kier molecular flexibility index (Phi) is 6.17. The maximum atomic E-state index is 5.93. The molecule has 0 fully saturated rings. The van der Waals surface area contributed by atoms with Crippen LogP contribution in [0.1, 0.15) is 43.5 Å². The van der Waals surface area contributed by atoms with Crippen LogP contribution < -0.4 is 5.32 Å². The molecule has 2 nitrogen and oxygen atoms in total. The van der Waals surface area contributed by atoms with Gasteiger partial charge in [0.25, 0.3) is 0 Å². The van der Waals surface area contributed by atoms with E-state index >= 15 is 0 Å². The van der Waals surface area contributed by atoms with Crippen molar-refractivity contribution in [1.29, 1.82) is 0 Å². The molecule has 2 atom stereocenters. The summed E-state index contributed by atoms with van der Waals surface area (Å²) in [5.74, 6) is 0.515. The first-order chi connectivity index (χ1) is 8.10. The van der Waals surface area contributed by atoms with Gasteiger partial charge in [-0.25, -0.2) is 0 Å². The van der Waals surface area contributed by atoms with Crippen molar-refractivity contribution in [2.45, 2.75) is 46.8 Å². The predicted octanol–water partition coefficient (Wildman–Crippen LogP) is 3.77. The fourth-order valence-corrected chi connectivity index (χ4v) is 3.07. The lowest BCUT2D eigenvalue weighted by Gasteiger charge is -2.30. The minimum atomic E-state index is 0.248. The van der Waals surface area contributed by atoms with Crippen LogP contribution >= 0.6 is 11.3 Å². The Morgan fingerprint density at radius 3 is 2.41 bits per heavy atom. The fourth-order valence-electron chi connectivity index (χ4n) is 2.09. The second kappa shape index (κ2) is 7.14. The summed E-state index contributed by atoms with van der Waals surface area (Å²) in [4.78, 5) is 2.75. The largest absolute Gasteiger partial charge is 0.376 e. The number of hydrogen-bond acceptors (Lipinski definition) is 3. The van der Waals surface area contributed by atoms with E-state index in [-0.39, 0.29) is 6.10 Å². The Hall–Kier alpha value is -0.380. The molecule has 0 aromatic carbocycles. The molecule has 1 heterocycles. The van der Waals surface area contributed by atoms with Crippen LogP contribution in [0.3, 0.4) is 0 Å². The van der Waals surface area contributed by atoms with Gasteiger partial charge in [0.15, 0.2) is 0 Å². The molecule has 1 rings (SSSR count). The van der Waals surface area contributed by atoms with Gasteiger partial charge in [-0.15, -0.1) is 11.3 Å². The number of hydrogen-bond donors (Lipinski definition) is 1.